The van der Waals surface area contributed by atoms with Gasteiger partial charge in [0, 0.05) is 6.42 Å². The van der Waals surface area contributed by atoms with Crippen molar-refractivity contribution in [2.75, 3.05) is 0 Å². The van der Waals surface area contributed by atoms with Crippen LogP contribution < -0.4 is 0 Å². The van der Waals surface area contributed by atoms with Gasteiger partial charge in [0.05, 0.1) is 4.47 Å². The minimum atomic E-state index is -0.295. The van der Waals surface area contributed by atoms with Gasteiger partial charge in [0.2, 0.25) is 0 Å². The summed E-state index contributed by atoms with van der Waals surface area (Å²) in [6.45, 7) is 2.20. The van der Waals surface area contributed by atoms with E-state index in [9.17, 15) is 9.18 Å². The van der Waals surface area contributed by atoms with Gasteiger partial charge < -0.3 is 0 Å². The van der Waals surface area contributed by atoms with Crippen LogP contribution in [-0.2, 0) is 11.2 Å². The molecular formula is C15H16BrFO. The maximum Gasteiger partial charge on any atom is 0.162 e. The van der Waals surface area contributed by atoms with Crippen molar-refractivity contribution >= 4 is 21.7 Å². The smallest absolute Gasteiger partial charge is 0.162 e. The van der Waals surface area contributed by atoms with E-state index in [2.05, 4.69) is 28.9 Å². The predicted octanol–water partition coefficient (Wildman–Crippen LogP) is 4.45. The highest BCUT2D eigenvalue weighted by atomic mass is 79.9. The Morgan fingerprint density at radius 2 is 2.28 bits per heavy atom. The average Bonchev–Trinajstić information content (AvgIpc) is 2.34. The molecule has 0 N–H and O–H groups in total. The van der Waals surface area contributed by atoms with Crippen molar-refractivity contribution < 1.29 is 9.18 Å². The summed E-state index contributed by atoms with van der Waals surface area (Å²) in [6.07, 6.45) is 5.38. The lowest BCUT2D eigenvalue weighted by molar-refractivity contribution is -0.115. The maximum atomic E-state index is 13.1. The van der Waals surface area contributed by atoms with E-state index in [1.54, 1.807) is 12.1 Å². The Balaban J connectivity index is 2.05. The molecule has 1 aliphatic carbocycles. The first-order chi connectivity index (χ1) is 8.56. The van der Waals surface area contributed by atoms with Gasteiger partial charge in [-0.1, -0.05) is 19.1 Å². The van der Waals surface area contributed by atoms with E-state index < -0.39 is 0 Å². The van der Waals surface area contributed by atoms with E-state index in [0.29, 0.717) is 16.8 Å². The number of Topliss-reactive ketones (excluding diaryl/α,β-unsaturated/α-hetero) is 1. The molecule has 0 saturated carbocycles. The Bertz CT molecular complexity index is 493. The van der Waals surface area contributed by atoms with Crippen LogP contribution in [0.5, 0.6) is 0 Å². The summed E-state index contributed by atoms with van der Waals surface area (Å²) in [7, 11) is 0. The lowest BCUT2D eigenvalue weighted by atomic mass is 9.88. The number of hydrogen-bond acceptors (Lipinski definition) is 1. The van der Waals surface area contributed by atoms with Crippen LogP contribution in [0.25, 0.3) is 0 Å². The summed E-state index contributed by atoms with van der Waals surface area (Å²) in [5.41, 5.74) is 1.79. The molecule has 0 spiro atoms. The molecule has 1 unspecified atom stereocenters. The van der Waals surface area contributed by atoms with Gasteiger partial charge in [-0.2, -0.15) is 0 Å². The zero-order chi connectivity index (χ0) is 13.1. The van der Waals surface area contributed by atoms with Crippen LogP contribution in [0.4, 0.5) is 4.39 Å². The number of benzene rings is 1. The third kappa shape index (κ3) is 3.29. The Morgan fingerprint density at radius 3 is 2.89 bits per heavy atom. The van der Waals surface area contributed by atoms with Gasteiger partial charge in [-0.25, -0.2) is 4.39 Å². The van der Waals surface area contributed by atoms with Crippen molar-refractivity contribution in [1.82, 2.24) is 0 Å². The molecule has 0 bridgehead atoms. The van der Waals surface area contributed by atoms with Crippen LogP contribution in [-0.4, -0.2) is 5.78 Å². The van der Waals surface area contributed by atoms with E-state index in [1.807, 2.05) is 0 Å². The van der Waals surface area contributed by atoms with Gasteiger partial charge in [-0.05, 0) is 64.4 Å². The first-order valence-corrected chi connectivity index (χ1v) is 7.01. The molecule has 1 atom stereocenters. The van der Waals surface area contributed by atoms with Crippen LogP contribution >= 0.6 is 15.9 Å². The van der Waals surface area contributed by atoms with Crippen molar-refractivity contribution in [2.24, 2.45) is 5.92 Å². The fourth-order valence-electron chi connectivity index (χ4n) is 2.17. The van der Waals surface area contributed by atoms with E-state index in [0.717, 1.165) is 30.4 Å². The molecule has 0 amide bonds. The Hall–Kier alpha value is -0.960. The van der Waals surface area contributed by atoms with Gasteiger partial charge >= 0.3 is 0 Å². The lowest BCUT2D eigenvalue weighted by Gasteiger charge is -2.17. The highest BCUT2D eigenvalue weighted by Gasteiger charge is 2.16. The van der Waals surface area contributed by atoms with Crippen molar-refractivity contribution in [1.29, 1.82) is 0 Å². The van der Waals surface area contributed by atoms with E-state index in [1.165, 1.54) is 6.07 Å². The summed E-state index contributed by atoms with van der Waals surface area (Å²) < 4.78 is 13.5. The minimum absolute atomic E-state index is 0.167. The van der Waals surface area contributed by atoms with Crippen LogP contribution in [0.15, 0.2) is 34.3 Å². The number of halogens is 2. The molecule has 1 aliphatic rings. The zero-order valence-electron chi connectivity index (χ0n) is 10.4. The Kier molecular flexibility index (Phi) is 4.33. The van der Waals surface area contributed by atoms with E-state index >= 15 is 0 Å². The number of carbonyl (C=O) groups is 1. The average molecular weight is 311 g/mol. The lowest BCUT2D eigenvalue weighted by Crippen LogP contribution is -2.12. The molecule has 3 heteroatoms. The normalized spacial score (nSPS) is 19.5. The number of allylic oxidation sites excluding steroid dienone is 2. The van der Waals surface area contributed by atoms with Crippen LogP contribution in [0.1, 0.15) is 31.7 Å². The molecule has 0 saturated heterocycles. The highest BCUT2D eigenvalue weighted by molar-refractivity contribution is 9.10. The second kappa shape index (κ2) is 5.79. The fourth-order valence-corrected chi connectivity index (χ4v) is 2.59. The molecule has 0 aromatic heterocycles. The largest absolute Gasteiger partial charge is 0.294 e. The topological polar surface area (TPSA) is 17.1 Å². The van der Waals surface area contributed by atoms with E-state index in [-0.39, 0.29) is 11.6 Å². The fraction of sp³-hybridized carbons (Fsp3) is 0.400. The van der Waals surface area contributed by atoms with Gasteiger partial charge in [-0.15, -0.1) is 0 Å². The van der Waals surface area contributed by atoms with Crippen molar-refractivity contribution in [3.05, 3.63) is 45.7 Å². The van der Waals surface area contributed by atoms with Gasteiger partial charge in [0.1, 0.15) is 5.82 Å². The molecule has 0 fully saturated rings. The van der Waals surface area contributed by atoms with Gasteiger partial charge in [-0.3, -0.25) is 4.79 Å². The molecule has 0 aliphatic heterocycles. The first kappa shape index (κ1) is 13.5. The van der Waals surface area contributed by atoms with Gasteiger partial charge in [0.15, 0.2) is 5.78 Å². The van der Waals surface area contributed by atoms with Crippen molar-refractivity contribution in [3.63, 3.8) is 0 Å². The number of hydrogen-bond donors (Lipinski definition) is 0. The molecule has 18 heavy (non-hydrogen) atoms. The minimum Gasteiger partial charge on any atom is -0.294 e. The molecule has 0 radical (unpaired) electrons. The standard InChI is InChI=1S/C15H16BrFO/c1-10-2-5-12(6-3-10)15(18)9-11-4-7-14(17)13(16)8-11/h4-5,7-8,10H,2-3,6,9H2,1H3. The Labute approximate surface area is 115 Å². The van der Waals surface area contributed by atoms with Gasteiger partial charge in [0.25, 0.3) is 0 Å². The maximum absolute atomic E-state index is 13.1. The second-order valence-corrected chi connectivity index (χ2v) is 5.81. The molecular weight excluding hydrogens is 295 g/mol. The number of carbonyl (C=O) groups excluding carboxylic acids is 1. The molecule has 1 aromatic rings. The molecule has 2 rings (SSSR count). The summed E-state index contributed by atoms with van der Waals surface area (Å²) in [5, 5.41) is 0. The molecule has 0 heterocycles. The monoisotopic (exact) mass is 310 g/mol. The highest BCUT2D eigenvalue weighted by Crippen LogP contribution is 2.25. The number of rotatable bonds is 3. The SMILES string of the molecule is CC1CC=C(C(=O)Cc2ccc(F)c(Br)c2)CC1. The van der Waals surface area contributed by atoms with E-state index in [4.69, 9.17) is 0 Å². The zero-order valence-corrected chi connectivity index (χ0v) is 12.0. The second-order valence-electron chi connectivity index (χ2n) is 4.96. The Morgan fingerprint density at radius 1 is 1.50 bits per heavy atom. The predicted molar refractivity (Wildman–Crippen MR) is 73.9 cm³/mol. The summed E-state index contributed by atoms with van der Waals surface area (Å²) in [6, 6.07) is 4.74. The number of ketones is 1. The van der Waals surface area contributed by atoms with Crippen LogP contribution in [0, 0.1) is 11.7 Å². The molecule has 1 aromatic carbocycles. The molecule has 96 valence electrons. The summed E-state index contributed by atoms with van der Waals surface area (Å²) in [4.78, 5) is 12.1. The third-order valence-electron chi connectivity index (χ3n) is 3.38. The van der Waals surface area contributed by atoms with Crippen LogP contribution in [0.2, 0.25) is 0 Å². The third-order valence-corrected chi connectivity index (χ3v) is 3.99. The quantitative estimate of drug-likeness (QED) is 0.806. The van der Waals surface area contributed by atoms with Crippen molar-refractivity contribution in [2.45, 2.75) is 32.6 Å². The first-order valence-electron chi connectivity index (χ1n) is 6.22. The van der Waals surface area contributed by atoms with Crippen LogP contribution in [0.3, 0.4) is 0 Å². The summed E-state index contributed by atoms with van der Waals surface area (Å²) in [5.74, 6) is 0.554. The summed E-state index contributed by atoms with van der Waals surface area (Å²) >= 11 is 3.14. The van der Waals surface area contributed by atoms with Crippen molar-refractivity contribution in [3.8, 4) is 0 Å². The molecule has 1 nitrogen and oxygen atoms in total.